The first kappa shape index (κ1) is 12.6. The minimum Gasteiger partial charge on any atom is -0.489 e. The Hall–Kier alpha value is -1.50. The fourth-order valence-electron chi connectivity index (χ4n) is 1.37. The van der Waals surface area contributed by atoms with Gasteiger partial charge in [-0.3, -0.25) is 0 Å². The lowest BCUT2D eigenvalue weighted by Gasteiger charge is -2.10. The number of hydrogen-bond donors (Lipinski definition) is 0. The molecule has 0 aliphatic heterocycles. The van der Waals surface area contributed by atoms with Gasteiger partial charge in [0.05, 0.1) is 0 Å². The average Bonchev–Trinajstić information content (AvgIpc) is 2.34. The molecule has 0 saturated carbocycles. The number of rotatable bonds is 5. The van der Waals surface area contributed by atoms with Crippen LogP contribution < -0.4 is 0 Å². The molecule has 1 heteroatoms. The Morgan fingerprint density at radius 3 is 2.50 bits per heavy atom. The fourth-order valence-corrected chi connectivity index (χ4v) is 1.37. The van der Waals surface area contributed by atoms with E-state index < -0.39 is 0 Å². The molecule has 0 fully saturated rings. The van der Waals surface area contributed by atoms with Crippen molar-refractivity contribution in [3.63, 3.8) is 0 Å². The van der Waals surface area contributed by atoms with Crippen LogP contribution in [0.2, 0.25) is 0 Å². The van der Waals surface area contributed by atoms with Crippen LogP contribution in [0.3, 0.4) is 0 Å². The first-order valence-electron chi connectivity index (χ1n) is 5.77. The van der Waals surface area contributed by atoms with E-state index in [1.807, 2.05) is 37.3 Å². The van der Waals surface area contributed by atoms with E-state index in [0.717, 1.165) is 12.2 Å². The predicted octanol–water partition coefficient (Wildman–Crippen LogP) is 4.46. The highest BCUT2D eigenvalue weighted by Crippen LogP contribution is 2.13. The van der Waals surface area contributed by atoms with Crippen molar-refractivity contribution in [1.29, 1.82) is 0 Å². The Morgan fingerprint density at radius 1 is 1.25 bits per heavy atom. The summed E-state index contributed by atoms with van der Waals surface area (Å²) in [6.45, 7) is 6.90. The second kappa shape index (κ2) is 6.89. The van der Waals surface area contributed by atoms with Gasteiger partial charge in [0.15, 0.2) is 0 Å². The molecule has 1 rings (SSSR count). The quantitative estimate of drug-likeness (QED) is 0.521. The van der Waals surface area contributed by atoms with E-state index in [9.17, 15) is 0 Å². The summed E-state index contributed by atoms with van der Waals surface area (Å²) in [4.78, 5) is 0. The fraction of sp³-hybridized carbons (Fsp3) is 0.333. The number of hydrogen-bond acceptors (Lipinski definition) is 1. The molecule has 16 heavy (non-hydrogen) atoms. The van der Waals surface area contributed by atoms with Crippen LogP contribution in [0.25, 0.3) is 0 Å². The molecule has 86 valence electrons. The third-order valence-corrected chi connectivity index (χ3v) is 2.51. The third-order valence-electron chi connectivity index (χ3n) is 2.51. The second-order valence-corrected chi connectivity index (χ2v) is 3.77. The van der Waals surface area contributed by atoms with Gasteiger partial charge in [-0.2, -0.15) is 0 Å². The number of benzene rings is 1. The van der Waals surface area contributed by atoms with Crippen LogP contribution in [0.5, 0.6) is 0 Å². The van der Waals surface area contributed by atoms with Crippen molar-refractivity contribution in [3.05, 3.63) is 59.4 Å². The average molecular weight is 216 g/mol. The van der Waals surface area contributed by atoms with E-state index in [-0.39, 0.29) is 0 Å². The minimum atomic E-state index is 0.637. The van der Waals surface area contributed by atoms with Gasteiger partial charge in [0, 0.05) is 0 Å². The van der Waals surface area contributed by atoms with Gasteiger partial charge in [0.25, 0.3) is 0 Å². The van der Waals surface area contributed by atoms with E-state index in [1.165, 1.54) is 11.1 Å². The molecule has 0 aliphatic rings. The van der Waals surface area contributed by atoms with Crippen molar-refractivity contribution in [2.45, 2.75) is 33.8 Å². The summed E-state index contributed by atoms with van der Waals surface area (Å²) in [5.74, 6) is 0.994. The molecular formula is C15H20O. The summed E-state index contributed by atoms with van der Waals surface area (Å²) in [6.07, 6.45) is 5.07. The van der Waals surface area contributed by atoms with Crippen molar-refractivity contribution in [1.82, 2.24) is 0 Å². The standard InChI is InChI=1S/C15H20O/c1-4-9-15(13(3)5-2)16-12-14-10-7-6-8-11-14/h4,6-11H,5,12H2,1-3H3/b9-4-,15-13+. The van der Waals surface area contributed by atoms with Crippen LogP contribution in [0, 0.1) is 0 Å². The summed E-state index contributed by atoms with van der Waals surface area (Å²) in [7, 11) is 0. The Labute approximate surface area is 98.5 Å². The summed E-state index contributed by atoms with van der Waals surface area (Å²) >= 11 is 0. The molecule has 0 N–H and O–H groups in total. The zero-order valence-electron chi connectivity index (χ0n) is 10.4. The molecule has 0 aliphatic carbocycles. The third kappa shape index (κ3) is 3.93. The van der Waals surface area contributed by atoms with E-state index in [2.05, 4.69) is 26.0 Å². The van der Waals surface area contributed by atoms with Gasteiger partial charge in [0.1, 0.15) is 12.4 Å². The molecule has 0 saturated heterocycles. The molecule has 1 aromatic carbocycles. The summed E-state index contributed by atoms with van der Waals surface area (Å²) < 4.78 is 5.81. The zero-order valence-corrected chi connectivity index (χ0v) is 10.4. The molecule has 0 unspecified atom stereocenters. The molecule has 0 spiro atoms. The molecule has 1 aromatic rings. The monoisotopic (exact) mass is 216 g/mol. The van der Waals surface area contributed by atoms with Crippen molar-refractivity contribution in [3.8, 4) is 0 Å². The maximum Gasteiger partial charge on any atom is 0.118 e. The highest BCUT2D eigenvalue weighted by atomic mass is 16.5. The zero-order chi connectivity index (χ0) is 11.8. The molecule has 0 radical (unpaired) electrons. The van der Waals surface area contributed by atoms with Crippen LogP contribution >= 0.6 is 0 Å². The Kier molecular flexibility index (Phi) is 5.41. The van der Waals surface area contributed by atoms with Crippen molar-refractivity contribution < 1.29 is 4.74 Å². The van der Waals surface area contributed by atoms with Gasteiger partial charge >= 0.3 is 0 Å². The lowest BCUT2D eigenvalue weighted by Crippen LogP contribution is -1.94. The Morgan fingerprint density at radius 2 is 1.94 bits per heavy atom. The summed E-state index contributed by atoms with van der Waals surface area (Å²) in [5, 5.41) is 0. The molecule has 0 heterocycles. The van der Waals surface area contributed by atoms with E-state index in [1.54, 1.807) is 0 Å². The van der Waals surface area contributed by atoms with E-state index in [0.29, 0.717) is 6.61 Å². The van der Waals surface area contributed by atoms with Crippen LogP contribution in [-0.2, 0) is 11.3 Å². The van der Waals surface area contributed by atoms with Crippen LogP contribution in [0.1, 0.15) is 32.8 Å². The van der Waals surface area contributed by atoms with Gasteiger partial charge in [-0.05, 0) is 37.5 Å². The lowest BCUT2D eigenvalue weighted by atomic mass is 10.2. The Balaban J connectivity index is 2.65. The van der Waals surface area contributed by atoms with Crippen molar-refractivity contribution in [2.24, 2.45) is 0 Å². The first-order chi connectivity index (χ1) is 7.77. The normalized spacial score (nSPS) is 12.7. The second-order valence-electron chi connectivity index (χ2n) is 3.77. The molecule has 0 atom stereocenters. The first-order valence-corrected chi connectivity index (χ1v) is 5.77. The van der Waals surface area contributed by atoms with Crippen molar-refractivity contribution >= 4 is 0 Å². The maximum absolute atomic E-state index is 5.81. The molecule has 0 aromatic heterocycles. The molecule has 0 bridgehead atoms. The molecular weight excluding hydrogens is 196 g/mol. The van der Waals surface area contributed by atoms with Crippen molar-refractivity contribution in [2.75, 3.05) is 0 Å². The smallest absolute Gasteiger partial charge is 0.118 e. The predicted molar refractivity (Wildman–Crippen MR) is 69.0 cm³/mol. The highest BCUT2D eigenvalue weighted by Gasteiger charge is 1.99. The van der Waals surface area contributed by atoms with Gasteiger partial charge < -0.3 is 4.74 Å². The van der Waals surface area contributed by atoms with Gasteiger partial charge in [-0.25, -0.2) is 0 Å². The number of ether oxygens (including phenoxy) is 1. The van der Waals surface area contributed by atoms with Crippen LogP contribution in [-0.4, -0.2) is 0 Å². The molecule has 1 nitrogen and oxygen atoms in total. The van der Waals surface area contributed by atoms with E-state index in [4.69, 9.17) is 4.74 Å². The topological polar surface area (TPSA) is 9.23 Å². The molecule has 0 amide bonds. The van der Waals surface area contributed by atoms with E-state index >= 15 is 0 Å². The summed E-state index contributed by atoms with van der Waals surface area (Å²) in [5.41, 5.74) is 2.49. The van der Waals surface area contributed by atoms with Gasteiger partial charge in [-0.1, -0.05) is 43.3 Å². The van der Waals surface area contributed by atoms with Gasteiger partial charge in [-0.15, -0.1) is 0 Å². The number of allylic oxidation sites excluding steroid dienone is 3. The lowest BCUT2D eigenvalue weighted by molar-refractivity contribution is 0.207. The SMILES string of the molecule is C/C=C\C(OCc1ccccc1)=C(\C)CC. The maximum atomic E-state index is 5.81. The largest absolute Gasteiger partial charge is 0.489 e. The minimum absolute atomic E-state index is 0.637. The highest BCUT2D eigenvalue weighted by molar-refractivity contribution is 5.19. The Bertz CT molecular complexity index is 360. The van der Waals surface area contributed by atoms with Crippen LogP contribution in [0.15, 0.2) is 53.8 Å². The van der Waals surface area contributed by atoms with Crippen LogP contribution in [0.4, 0.5) is 0 Å². The van der Waals surface area contributed by atoms with Gasteiger partial charge in [0.2, 0.25) is 0 Å². The summed E-state index contributed by atoms with van der Waals surface area (Å²) in [6, 6.07) is 10.2.